The molecule has 1 heterocycles. The summed E-state index contributed by atoms with van der Waals surface area (Å²) in [6, 6.07) is 0.269. The molecule has 0 atom stereocenters. The molecule has 0 saturated heterocycles. The third-order valence-electron chi connectivity index (χ3n) is 3.22. The number of nitrogens with zero attached hydrogens (tertiary/aromatic N) is 4. The van der Waals surface area contributed by atoms with Crippen LogP contribution in [0, 0.1) is 0 Å². The van der Waals surface area contributed by atoms with Crippen molar-refractivity contribution in [2.45, 2.75) is 45.1 Å². The molecule has 1 aromatic heterocycles. The van der Waals surface area contributed by atoms with Gasteiger partial charge >= 0.3 is 0 Å². The highest BCUT2D eigenvalue weighted by Crippen LogP contribution is 2.29. The molecule has 1 aromatic rings. The minimum atomic E-state index is -0.0308. The van der Waals surface area contributed by atoms with Crippen LogP contribution in [-0.2, 0) is 6.42 Å². The van der Waals surface area contributed by atoms with E-state index >= 15 is 0 Å². The highest BCUT2D eigenvalue weighted by atomic mass is 32.1. The molecule has 0 unspecified atom stereocenters. The Labute approximate surface area is 121 Å². The van der Waals surface area contributed by atoms with Crippen molar-refractivity contribution in [1.82, 2.24) is 14.5 Å². The van der Waals surface area contributed by atoms with Crippen molar-refractivity contribution < 1.29 is 10.0 Å². The van der Waals surface area contributed by atoms with Crippen molar-refractivity contribution >= 4 is 23.3 Å². The highest BCUT2D eigenvalue weighted by Gasteiger charge is 2.34. The fourth-order valence-corrected chi connectivity index (χ4v) is 2.69. The zero-order valence-electron chi connectivity index (χ0n) is 11.4. The molecule has 1 aliphatic rings. The zero-order chi connectivity index (χ0) is 14.5. The number of rotatable bonds is 7. The van der Waals surface area contributed by atoms with Gasteiger partial charge < -0.3 is 15.8 Å². The number of oxime groups is 1. The highest BCUT2D eigenvalue weighted by molar-refractivity contribution is 7.08. The van der Waals surface area contributed by atoms with Gasteiger partial charge in [-0.3, -0.25) is 4.79 Å². The van der Waals surface area contributed by atoms with E-state index in [1.54, 1.807) is 4.90 Å². The molecule has 0 aliphatic heterocycles. The Kier molecular flexibility index (Phi) is 4.89. The van der Waals surface area contributed by atoms with Crippen LogP contribution < -0.4 is 5.73 Å². The first-order valence-electron chi connectivity index (χ1n) is 6.76. The SMILES string of the molecule is CCCc1nnsc1C(=O)N(CCC(N)=NO)C1CC1. The molecule has 1 amide bonds. The van der Waals surface area contributed by atoms with Crippen LogP contribution in [0.2, 0.25) is 0 Å². The van der Waals surface area contributed by atoms with E-state index in [9.17, 15) is 4.79 Å². The molecular formula is C12H19N5O2S. The number of carbonyl (C=O) groups is 1. The van der Waals surface area contributed by atoms with Crippen molar-refractivity contribution in [2.75, 3.05) is 6.54 Å². The lowest BCUT2D eigenvalue weighted by molar-refractivity contribution is 0.0751. The van der Waals surface area contributed by atoms with Gasteiger partial charge in [0.1, 0.15) is 10.7 Å². The standard InChI is InChI=1S/C12H19N5O2S/c1-2-3-9-11(20-16-14-9)12(18)17(8-4-5-8)7-6-10(13)15-19/h8,19H,2-7H2,1H3,(H2,13,15). The van der Waals surface area contributed by atoms with Crippen molar-refractivity contribution in [3.05, 3.63) is 10.6 Å². The molecule has 1 saturated carbocycles. The molecule has 20 heavy (non-hydrogen) atoms. The van der Waals surface area contributed by atoms with Crippen LogP contribution >= 0.6 is 11.5 Å². The molecule has 1 fully saturated rings. The van der Waals surface area contributed by atoms with Crippen LogP contribution in [0.15, 0.2) is 5.16 Å². The van der Waals surface area contributed by atoms with Crippen molar-refractivity contribution in [1.29, 1.82) is 0 Å². The Balaban J connectivity index is 2.08. The van der Waals surface area contributed by atoms with Crippen LogP contribution in [0.25, 0.3) is 0 Å². The summed E-state index contributed by atoms with van der Waals surface area (Å²) in [7, 11) is 0. The lowest BCUT2D eigenvalue weighted by atomic mass is 10.2. The fraction of sp³-hybridized carbons (Fsp3) is 0.667. The second-order valence-electron chi connectivity index (χ2n) is 4.87. The Morgan fingerprint density at radius 1 is 1.60 bits per heavy atom. The van der Waals surface area contributed by atoms with Crippen molar-refractivity contribution in [3.8, 4) is 0 Å². The predicted molar refractivity (Wildman–Crippen MR) is 76.0 cm³/mol. The number of amides is 1. The average Bonchev–Trinajstić information content (AvgIpc) is 3.18. The van der Waals surface area contributed by atoms with Crippen LogP contribution in [-0.4, -0.2) is 44.0 Å². The maximum Gasteiger partial charge on any atom is 0.267 e. The first-order chi connectivity index (χ1) is 9.67. The number of hydrogen-bond donors (Lipinski definition) is 2. The van der Waals surface area contributed by atoms with E-state index in [1.165, 1.54) is 0 Å². The first-order valence-corrected chi connectivity index (χ1v) is 7.53. The molecule has 7 nitrogen and oxygen atoms in total. The van der Waals surface area contributed by atoms with Crippen LogP contribution in [0.4, 0.5) is 0 Å². The third kappa shape index (κ3) is 3.44. The molecule has 1 aliphatic carbocycles. The summed E-state index contributed by atoms with van der Waals surface area (Å²) in [4.78, 5) is 15.0. The number of amidine groups is 1. The number of carbonyl (C=O) groups excluding carboxylic acids is 1. The summed E-state index contributed by atoms with van der Waals surface area (Å²) in [5, 5.41) is 15.6. The molecule has 0 aromatic carbocycles. The normalized spacial score (nSPS) is 15.3. The summed E-state index contributed by atoms with van der Waals surface area (Å²) >= 11 is 1.15. The second kappa shape index (κ2) is 6.65. The van der Waals surface area contributed by atoms with Gasteiger partial charge in [0, 0.05) is 19.0 Å². The molecule has 0 radical (unpaired) electrons. The molecule has 0 bridgehead atoms. The Morgan fingerprint density at radius 3 is 2.95 bits per heavy atom. The summed E-state index contributed by atoms with van der Waals surface area (Å²) < 4.78 is 3.89. The van der Waals surface area contributed by atoms with Crippen LogP contribution in [0.3, 0.4) is 0 Å². The van der Waals surface area contributed by atoms with E-state index in [4.69, 9.17) is 10.9 Å². The summed E-state index contributed by atoms with van der Waals surface area (Å²) in [6.45, 7) is 2.51. The van der Waals surface area contributed by atoms with Crippen molar-refractivity contribution in [2.24, 2.45) is 10.9 Å². The average molecular weight is 297 g/mol. The quantitative estimate of drug-likeness (QED) is 0.341. The molecule has 2 rings (SSSR count). The largest absolute Gasteiger partial charge is 0.409 e. The van der Waals surface area contributed by atoms with Crippen LogP contribution in [0.1, 0.15) is 48.0 Å². The number of hydrogen-bond acceptors (Lipinski definition) is 6. The Morgan fingerprint density at radius 2 is 2.35 bits per heavy atom. The molecule has 8 heteroatoms. The summed E-state index contributed by atoms with van der Waals surface area (Å²) in [5.41, 5.74) is 6.25. The lowest BCUT2D eigenvalue weighted by Crippen LogP contribution is -2.36. The van der Waals surface area contributed by atoms with Gasteiger partial charge in [-0.2, -0.15) is 0 Å². The minimum absolute atomic E-state index is 0.0308. The van der Waals surface area contributed by atoms with Crippen LogP contribution in [0.5, 0.6) is 0 Å². The van der Waals surface area contributed by atoms with E-state index in [1.807, 2.05) is 6.92 Å². The third-order valence-corrected chi connectivity index (χ3v) is 3.98. The maximum atomic E-state index is 12.6. The molecular weight excluding hydrogens is 278 g/mol. The van der Waals surface area contributed by atoms with Gasteiger partial charge in [-0.15, -0.1) is 5.10 Å². The van der Waals surface area contributed by atoms with Gasteiger partial charge in [0.15, 0.2) is 0 Å². The van der Waals surface area contributed by atoms with E-state index in [0.29, 0.717) is 17.8 Å². The van der Waals surface area contributed by atoms with E-state index in [2.05, 4.69) is 14.7 Å². The smallest absolute Gasteiger partial charge is 0.267 e. The van der Waals surface area contributed by atoms with Gasteiger partial charge in [0.05, 0.1) is 5.69 Å². The monoisotopic (exact) mass is 297 g/mol. The number of aromatic nitrogens is 2. The summed E-state index contributed by atoms with van der Waals surface area (Å²) in [5.74, 6) is 0.108. The lowest BCUT2D eigenvalue weighted by Gasteiger charge is -2.21. The Bertz CT molecular complexity index is 498. The molecule has 3 N–H and O–H groups in total. The van der Waals surface area contributed by atoms with Crippen molar-refractivity contribution in [3.63, 3.8) is 0 Å². The van der Waals surface area contributed by atoms with E-state index in [-0.39, 0.29) is 17.8 Å². The maximum absolute atomic E-state index is 12.6. The summed E-state index contributed by atoms with van der Waals surface area (Å²) in [6.07, 6.45) is 4.08. The van der Waals surface area contributed by atoms with Gasteiger partial charge in [0.2, 0.25) is 0 Å². The predicted octanol–water partition coefficient (Wildman–Crippen LogP) is 1.23. The Hall–Kier alpha value is -1.70. The van der Waals surface area contributed by atoms with Gasteiger partial charge in [-0.05, 0) is 30.8 Å². The van der Waals surface area contributed by atoms with E-state index in [0.717, 1.165) is 42.9 Å². The van der Waals surface area contributed by atoms with Gasteiger partial charge in [-0.1, -0.05) is 23.0 Å². The van der Waals surface area contributed by atoms with Gasteiger partial charge in [0.25, 0.3) is 5.91 Å². The zero-order valence-corrected chi connectivity index (χ0v) is 12.3. The van der Waals surface area contributed by atoms with E-state index < -0.39 is 0 Å². The second-order valence-corrected chi connectivity index (χ2v) is 5.62. The minimum Gasteiger partial charge on any atom is -0.409 e. The number of aryl methyl sites for hydroxylation is 1. The topological polar surface area (TPSA) is 105 Å². The number of nitrogens with two attached hydrogens (primary N) is 1. The molecule has 110 valence electrons. The molecule has 0 spiro atoms. The first kappa shape index (κ1) is 14.7. The van der Waals surface area contributed by atoms with Gasteiger partial charge in [-0.25, -0.2) is 0 Å². The fourth-order valence-electron chi connectivity index (χ4n) is 2.02.